The molecule has 0 heterocycles. The predicted octanol–water partition coefficient (Wildman–Crippen LogP) is 5.63. The van der Waals surface area contributed by atoms with Gasteiger partial charge in [0.2, 0.25) is 15.9 Å². The fraction of sp³-hybridized carbons (Fsp3) is 0.310. The van der Waals surface area contributed by atoms with E-state index in [2.05, 4.69) is 26.1 Å². The fourth-order valence-corrected chi connectivity index (χ4v) is 5.24. The van der Waals surface area contributed by atoms with Crippen molar-refractivity contribution in [2.45, 2.75) is 53.0 Å². The number of carbonyl (C=O) groups excluding carboxylic acids is 2. The summed E-state index contributed by atoms with van der Waals surface area (Å²) in [6, 6.07) is 18.7. The third kappa shape index (κ3) is 6.21. The summed E-state index contributed by atoms with van der Waals surface area (Å²) in [5, 5.41) is 2.78. The Morgan fingerprint density at radius 3 is 2.11 bits per heavy atom. The van der Waals surface area contributed by atoms with Crippen molar-refractivity contribution in [3.63, 3.8) is 0 Å². The minimum atomic E-state index is -3.75. The number of nitrogens with one attached hydrogen (secondary N) is 1. The Bertz CT molecular complexity index is 1390. The van der Waals surface area contributed by atoms with E-state index < -0.39 is 22.0 Å². The molecule has 6 nitrogen and oxygen atoms in total. The zero-order valence-electron chi connectivity index (χ0n) is 21.9. The molecule has 3 aromatic rings. The first kappa shape index (κ1) is 27.1. The molecule has 1 atom stereocenters. The van der Waals surface area contributed by atoms with Gasteiger partial charge in [-0.3, -0.25) is 13.9 Å². The molecule has 36 heavy (non-hydrogen) atoms. The molecule has 1 amide bonds. The predicted molar refractivity (Wildman–Crippen MR) is 146 cm³/mol. The normalized spacial score (nSPS) is 12.6. The van der Waals surface area contributed by atoms with Gasteiger partial charge in [0.05, 0.1) is 11.9 Å². The van der Waals surface area contributed by atoms with Crippen molar-refractivity contribution in [2.24, 2.45) is 0 Å². The van der Waals surface area contributed by atoms with Crippen LogP contribution in [0.25, 0.3) is 0 Å². The Labute approximate surface area is 214 Å². The highest BCUT2D eigenvalue weighted by Gasteiger charge is 2.30. The van der Waals surface area contributed by atoms with E-state index in [1.165, 1.54) is 0 Å². The molecule has 0 aromatic heterocycles. The number of ketones is 1. The number of amides is 1. The van der Waals surface area contributed by atoms with E-state index in [1.807, 2.05) is 43.3 Å². The summed E-state index contributed by atoms with van der Waals surface area (Å²) in [5.41, 5.74) is 4.61. The van der Waals surface area contributed by atoms with Crippen molar-refractivity contribution in [3.8, 4) is 0 Å². The smallest absolute Gasteiger partial charge is 0.247 e. The molecule has 3 aromatic carbocycles. The lowest BCUT2D eigenvalue weighted by Gasteiger charge is -2.29. The van der Waals surface area contributed by atoms with Crippen LogP contribution < -0.4 is 9.62 Å². The van der Waals surface area contributed by atoms with Crippen molar-refractivity contribution in [3.05, 3.63) is 94.5 Å². The Hall–Kier alpha value is -3.45. The van der Waals surface area contributed by atoms with E-state index in [4.69, 9.17) is 0 Å². The number of hydrogen-bond acceptors (Lipinski definition) is 4. The Morgan fingerprint density at radius 2 is 1.53 bits per heavy atom. The van der Waals surface area contributed by atoms with Crippen LogP contribution in [0.1, 0.15) is 60.3 Å². The first-order valence-electron chi connectivity index (χ1n) is 11.8. The number of anilines is 2. The van der Waals surface area contributed by atoms with Gasteiger partial charge in [-0.2, -0.15) is 0 Å². The second-order valence-electron chi connectivity index (χ2n) is 10.3. The minimum Gasteiger partial charge on any atom is -0.324 e. The highest BCUT2D eigenvalue weighted by molar-refractivity contribution is 7.92. The molecular weight excluding hydrogens is 472 g/mol. The number of sulfonamides is 1. The number of rotatable bonds is 7. The number of nitrogens with zero attached hydrogens (tertiary/aromatic N) is 1. The standard InChI is InChI=1S/C29H34N2O4S/c1-19-11-12-20(2)26(17-19)31(36(7,34)35)21(3)28(33)30-25-10-8-9-23(18-25)27(32)22-13-15-24(16-14-22)29(4,5)6/h8-18,21H,1-7H3,(H,30,33)/t21-/m0/s1. The van der Waals surface area contributed by atoms with E-state index in [0.29, 0.717) is 22.5 Å². The molecule has 7 heteroatoms. The number of carbonyl (C=O) groups is 2. The maximum atomic E-state index is 13.2. The first-order chi connectivity index (χ1) is 16.7. The molecule has 0 saturated heterocycles. The Morgan fingerprint density at radius 1 is 0.889 bits per heavy atom. The molecular formula is C29H34N2O4S. The SMILES string of the molecule is Cc1ccc(C)c(N([C@@H](C)C(=O)Nc2cccc(C(=O)c3ccc(C(C)(C)C)cc3)c2)S(C)(=O)=O)c1. The molecule has 190 valence electrons. The molecule has 0 aliphatic heterocycles. The topological polar surface area (TPSA) is 83.6 Å². The van der Waals surface area contributed by atoms with Gasteiger partial charge in [0.25, 0.3) is 0 Å². The third-order valence-electron chi connectivity index (χ3n) is 6.10. The van der Waals surface area contributed by atoms with Gasteiger partial charge >= 0.3 is 0 Å². The largest absolute Gasteiger partial charge is 0.324 e. The maximum absolute atomic E-state index is 13.2. The lowest BCUT2D eigenvalue weighted by Crippen LogP contribution is -2.45. The van der Waals surface area contributed by atoms with Crippen LogP contribution >= 0.6 is 0 Å². The van der Waals surface area contributed by atoms with E-state index in [9.17, 15) is 18.0 Å². The van der Waals surface area contributed by atoms with E-state index in [-0.39, 0.29) is 11.2 Å². The molecule has 0 bridgehead atoms. The van der Waals surface area contributed by atoms with Crippen LogP contribution in [0.2, 0.25) is 0 Å². The van der Waals surface area contributed by atoms with Crippen molar-refractivity contribution in [1.82, 2.24) is 0 Å². The van der Waals surface area contributed by atoms with Crippen LogP contribution in [0.3, 0.4) is 0 Å². The second kappa shape index (κ2) is 10.3. The molecule has 0 unspecified atom stereocenters. The van der Waals surface area contributed by atoms with E-state index in [1.54, 1.807) is 44.2 Å². The van der Waals surface area contributed by atoms with Crippen LogP contribution in [-0.4, -0.2) is 32.4 Å². The third-order valence-corrected chi connectivity index (χ3v) is 7.32. The van der Waals surface area contributed by atoms with Gasteiger partial charge in [-0.25, -0.2) is 8.42 Å². The summed E-state index contributed by atoms with van der Waals surface area (Å²) in [7, 11) is -3.75. The maximum Gasteiger partial charge on any atom is 0.247 e. The summed E-state index contributed by atoms with van der Waals surface area (Å²) in [6.07, 6.45) is 1.09. The first-order valence-corrected chi connectivity index (χ1v) is 13.7. The van der Waals surface area contributed by atoms with Gasteiger partial charge in [-0.15, -0.1) is 0 Å². The quantitative estimate of drug-likeness (QED) is 0.421. The van der Waals surface area contributed by atoms with Crippen LogP contribution in [0.4, 0.5) is 11.4 Å². The molecule has 0 spiro atoms. The molecule has 3 rings (SSSR count). The van der Waals surface area contributed by atoms with Crippen LogP contribution in [0, 0.1) is 13.8 Å². The summed E-state index contributed by atoms with van der Waals surface area (Å²) < 4.78 is 26.5. The van der Waals surface area contributed by atoms with Gasteiger partial charge in [0, 0.05) is 16.8 Å². The summed E-state index contributed by atoms with van der Waals surface area (Å²) >= 11 is 0. The van der Waals surface area contributed by atoms with Gasteiger partial charge in [-0.1, -0.05) is 69.3 Å². The Kier molecular flexibility index (Phi) is 7.74. The second-order valence-corrected chi connectivity index (χ2v) is 12.1. The highest BCUT2D eigenvalue weighted by Crippen LogP contribution is 2.27. The number of hydrogen-bond donors (Lipinski definition) is 1. The zero-order chi connectivity index (χ0) is 26.8. The zero-order valence-corrected chi connectivity index (χ0v) is 22.7. The summed E-state index contributed by atoms with van der Waals surface area (Å²) in [5.74, 6) is -0.659. The van der Waals surface area contributed by atoms with Crippen molar-refractivity contribution in [1.29, 1.82) is 0 Å². The van der Waals surface area contributed by atoms with Crippen molar-refractivity contribution < 1.29 is 18.0 Å². The van der Waals surface area contributed by atoms with Crippen LogP contribution in [0.15, 0.2) is 66.7 Å². The molecule has 0 fully saturated rings. The average Bonchev–Trinajstić information content (AvgIpc) is 2.79. The van der Waals surface area contributed by atoms with E-state index in [0.717, 1.165) is 27.3 Å². The van der Waals surface area contributed by atoms with E-state index >= 15 is 0 Å². The molecule has 0 aliphatic rings. The lowest BCUT2D eigenvalue weighted by atomic mass is 9.86. The average molecular weight is 507 g/mol. The minimum absolute atomic E-state index is 0.0146. The molecule has 0 aliphatic carbocycles. The highest BCUT2D eigenvalue weighted by atomic mass is 32.2. The van der Waals surface area contributed by atoms with Gasteiger partial charge in [-0.05, 0) is 61.1 Å². The molecule has 0 saturated carbocycles. The fourth-order valence-electron chi connectivity index (χ4n) is 4.01. The van der Waals surface area contributed by atoms with Crippen molar-refractivity contribution >= 4 is 33.1 Å². The van der Waals surface area contributed by atoms with Crippen LogP contribution in [0.5, 0.6) is 0 Å². The monoisotopic (exact) mass is 506 g/mol. The molecule has 1 N–H and O–H groups in total. The van der Waals surface area contributed by atoms with Gasteiger partial charge < -0.3 is 5.32 Å². The van der Waals surface area contributed by atoms with Crippen LogP contribution in [-0.2, 0) is 20.2 Å². The van der Waals surface area contributed by atoms with Gasteiger partial charge in [0.15, 0.2) is 5.78 Å². The molecule has 0 radical (unpaired) electrons. The number of aryl methyl sites for hydroxylation is 2. The lowest BCUT2D eigenvalue weighted by molar-refractivity contribution is -0.116. The van der Waals surface area contributed by atoms with Crippen molar-refractivity contribution in [2.75, 3.05) is 15.9 Å². The Balaban J connectivity index is 1.84. The number of benzene rings is 3. The summed E-state index contributed by atoms with van der Waals surface area (Å²) in [4.78, 5) is 26.2. The summed E-state index contributed by atoms with van der Waals surface area (Å²) in [6.45, 7) is 11.6. The van der Waals surface area contributed by atoms with Gasteiger partial charge in [0.1, 0.15) is 6.04 Å².